The average Bonchev–Trinajstić information content (AvgIpc) is 2.42. The van der Waals surface area contributed by atoms with E-state index in [1.165, 1.54) is 5.56 Å². The Balaban J connectivity index is 2.75. The van der Waals surface area contributed by atoms with Gasteiger partial charge >= 0.3 is 0 Å². The number of benzene rings is 1. The van der Waals surface area contributed by atoms with Gasteiger partial charge in [-0.2, -0.15) is 0 Å². The Kier molecular flexibility index (Phi) is 7.20. The molecule has 2 unspecified atom stereocenters. The molecular formula is C17H29NO2. The fourth-order valence-electron chi connectivity index (χ4n) is 2.32. The summed E-state index contributed by atoms with van der Waals surface area (Å²) < 4.78 is 5.06. The highest BCUT2D eigenvalue weighted by Gasteiger charge is 2.23. The van der Waals surface area contributed by atoms with Crippen LogP contribution in [0.15, 0.2) is 24.3 Å². The zero-order valence-electron chi connectivity index (χ0n) is 13.4. The molecule has 1 aromatic carbocycles. The van der Waals surface area contributed by atoms with Gasteiger partial charge in [-0.1, -0.05) is 52.0 Å². The van der Waals surface area contributed by atoms with E-state index >= 15 is 0 Å². The number of aliphatic hydroxyl groups excluding tert-OH is 1. The molecule has 1 aromatic rings. The molecular weight excluding hydrogens is 250 g/mol. The maximum absolute atomic E-state index is 10.6. The largest absolute Gasteiger partial charge is 0.387 e. The number of ether oxygens (including phenoxy) is 1. The molecule has 0 spiro atoms. The highest BCUT2D eigenvalue weighted by atomic mass is 16.5. The van der Waals surface area contributed by atoms with Crippen LogP contribution >= 0.6 is 0 Å². The van der Waals surface area contributed by atoms with Gasteiger partial charge in [-0.25, -0.2) is 0 Å². The van der Waals surface area contributed by atoms with E-state index in [0.717, 1.165) is 12.1 Å². The molecule has 0 radical (unpaired) electrons. The number of hydrogen-bond donors (Lipinski definition) is 2. The summed E-state index contributed by atoms with van der Waals surface area (Å²) >= 11 is 0. The molecule has 3 heteroatoms. The van der Waals surface area contributed by atoms with Crippen LogP contribution < -0.4 is 5.32 Å². The van der Waals surface area contributed by atoms with Gasteiger partial charge in [-0.3, -0.25) is 0 Å². The van der Waals surface area contributed by atoms with Crippen LogP contribution in [0.5, 0.6) is 0 Å². The lowest BCUT2D eigenvalue weighted by atomic mass is 9.92. The van der Waals surface area contributed by atoms with E-state index in [2.05, 4.69) is 45.1 Å². The second kappa shape index (κ2) is 8.40. The first-order chi connectivity index (χ1) is 9.47. The van der Waals surface area contributed by atoms with E-state index in [4.69, 9.17) is 4.74 Å². The SMILES string of the molecule is COCCNC(C(C)C)C(O)c1ccc(C(C)C)cc1. The predicted octanol–water partition coefficient (Wildman–Crippen LogP) is 3.10. The van der Waals surface area contributed by atoms with E-state index in [1.54, 1.807) is 7.11 Å². The third kappa shape index (κ3) is 4.89. The van der Waals surface area contributed by atoms with Gasteiger partial charge in [0.15, 0.2) is 0 Å². The average molecular weight is 279 g/mol. The molecule has 20 heavy (non-hydrogen) atoms. The Morgan fingerprint density at radius 2 is 1.60 bits per heavy atom. The van der Waals surface area contributed by atoms with Crippen LogP contribution in [0.4, 0.5) is 0 Å². The summed E-state index contributed by atoms with van der Waals surface area (Å²) in [6, 6.07) is 8.32. The van der Waals surface area contributed by atoms with Crippen LogP contribution in [0.2, 0.25) is 0 Å². The Bertz CT molecular complexity index is 373. The first-order valence-corrected chi connectivity index (χ1v) is 7.47. The van der Waals surface area contributed by atoms with Crippen molar-refractivity contribution in [1.29, 1.82) is 0 Å². The summed E-state index contributed by atoms with van der Waals surface area (Å²) in [7, 11) is 1.69. The first kappa shape index (κ1) is 17.2. The summed E-state index contributed by atoms with van der Waals surface area (Å²) in [5.74, 6) is 0.869. The third-order valence-corrected chi connectivity index (χ3v) is 3.69. The molecule has 114 valence electrons. The van der Waals surface area contributed by atoms with E-state index in [9.17, 15) is 5.11 Å². The first-order valence-electron chi connectivity index (χ1n) is 7.47. The molecule has 0 aromatic heterocycles. The van der Waals surface area contributed by atoms with Gasteiger partial charge in [0, 0.05) is 19.7 Å². The lowest BCUT2D eigenvalue weighted by Gasteiger charge is -2.28. The molecule has 0 saturated heterocycles. The fourth-order valence-corrected chi connectivity index (χ4v) is 2.32. The van der Waals surface area contributed by atoms with Crippen molar-refractivity contribution in [2.75, 3.05) is 20.3 Å². The highest BCUT2D eigenvalue weighted by molar-refractivity contribution is 5.27. The summed E-state index contributed by atoms with van der Waals surface area (Å²) in [5, 5.41) is 14.0. The lowest BCUT2D eigenvalue weighted by Crippen LogP contribution is -2.40. The molecule has 3 nitrogen and oxygen atoms in total. The van der Waals surface area contributed by atoms with Gasteiger partial charge in [0.1, 0.15) is 0 Å². The minimum absolute atomic E-state index is 0.0371. The van der Waals surface area contributed by atoms with E-state index in [0.29, 0.717) is 18.4 Å². The zero-order chi connectivity index (χ0) is 15.1. The molecule has 1 rings (SSSR count). The van der Waals surface area contributed by atoms with Crippen LogP contribution in [0.1, 0.15) is 50.8 Å². The van der Waals surface area contributed by atoms with Crippen molar-refractivity contribution < 1.29 is 9.84 Å². The third-order valence-electron chi connectivity index (χ3n) is 3.69. The highest BCUT2D eigenvalue weighted by Crippen LogP contribution is 2.24. The molecule has 0 saturated carbocycles. The van der Waals surface area contributed by atoms with Crippen LogP contribution in [-0.2, 0) is 4.74 Å². The Morgan fingerprint density at radius 1 is 1.05 bits per heavy atom. The van der Waals surface area contributed by atoms with Crippen LogP contribution in [0.25, 0.3) is 0 Å². The van der Waals surface area contributed by atoms with Crippen LogP contribution in [0, 0.1) is 5.92 Å². The normalized spacial score (nSPS) is 14.8. The number of rotatable bonds is 8. The minimum Gasteiger partial charge on any atom is -0.387 e. The maximum Gasteiger partial charge on any atom is 0.0945 e. The van der Waals surface area contributed by atoms with Crippen molar-refractivity contribution in [1.82, 2.24) is 5.32 Å². The summed E-state index contributed by atoms with van der Waals surface area (Å²) in [6.07, 6.45) is -0.493. The maximum atomic E-state index is 10.6. The van der Waals surface area contributed by atoms with Crippen molar-refractivity contribution in [3.05, 3.63) is 35.4 Å². The van der Waals surface area contributed by atoms with Crippen LogP contribution in [-0.4, -0.2) is 31.4 Å². The zero-order valence-corrected chi connectivity index (χ0v) is 13.4. The molecule has 0 bridgehead atoms. The monoisotopic (exact) mass is 279 g/mol. The molecule has 0 aliphatic rings. The predicted molar refractivity (Wildman–Crippen MR) is 84.0 cm³/mol. The van der Waals surface area contributed by atoms with E-state index < -0.39 is 6.10 Å². The molecule has 0 fully saturated rings. The van der Waals surface area contributed by atoms with Gasteiger partial charge in [-0.05, 0) is 23.0 Å². The smallest absolute Gasteiger partial charge is 0.0945 e. The van der Waals surface area contributed by atoms with Crippen LogP contribution in [0.3, 0.4) is 0 Å². The summed E-state index contributed by atoms with van der Waals surface area (Å²) in [5.41, 5.74) is 2.27. The molecule has 0 aliphatic carbocycles. The number of nitrogens with one attached hydrogen (secondary N) is 1. The van der Waals surface area contributed by atoms with Gasteiger partial charge in [-0.15, -0.1) is 0 Å². The van der Waals surface area contributed by atoms with Gasteiger partial charge in [0.25, 0.3) is 0 Å². The van der Waals surface area contributed by atoms with Crippen molar-refractivity contribution in [2.24, 2.45) is 5.92 Å². The number of aliphatic hydroxyl groups is 1. The second-order valence-corrected chi connectivity index (χ2v) is 5.98. The Morgan fingerprint density at radius 3 is 2.05 bits per heavy atom. The second-order valence-electron chi connectivity index (χ2n) is 5.98. The van der Waals surface area contributed by atoms with E-state index in [1.807, 2.05) is 12.1 Å². The fraction of sp³-hybridized carbons (Fsp3) is 0.647. The standard InChI is InChI=1S/C17H29NO2/c1-12(2)14-6-8-15(9-7-14)17(19)16(13(3)4)18-10-11-20-5/h6-9,12-13,16-19H,10-11H2,1-5H3. The lowest BCUT2D eigenvalue weighted by molar-refractivity contribution is 0.0978. The minimum atomic E-state index is -0.493. The van der Waals surface area contributed by atoms with Crippen molar-refractivity contribution in [3.8, 4) is 0 Å². The summed E-state index contributed by atoms with van der Waals surface area (Å²) in [6.45, 7) is 10.00. The molecule has 2 N–H and O–H groups in total. The molecule has 0 amide bonds. The molecule has 0 aliphatic heterocycles. The number of hydrogen-bond acceptors (Lipinski definition) is 3. The van der Waals surface area contributed by atoms with Crippen molar-refractivity contribution >= 4 is 0 Å². The molecule has 2 atom stereocenters. The Labute approximate surface area is 123 Å². The van der Waals surface area contributed by atoms with Crippen molar-refractivity contribution in [2.45, 2.75) is 45.8 Å². The van der Waals surface area contributed by atoms with E-state index in [-0.39, 0.29) is 6.04 Å². The van der Waals surface area contributed by atoms with Gasteiger partial charge in [0.05, 0.1) is 12.7 Å². The van der Waals surface area contributed by atoms with Crippen molar-refractivity contribution in [3.63, 3.8) is 0 Å². The Hall–Kier alpha value is -0.900. The van der Waals surface area contributed by atoms with Gasteiger partial charge in [0.2, 0.25) is 0 Å². The number of methoxy groups -OCH3 is 1. The summed E-state index contributed by atoms with van der Waals surface area (Å²) in [4.78, 5) is 0. The van der Waals surface area contributed by atoms with Gasteiger partial charge < -0.3 is 15.2 Å². The molecule has 0 heterocycles. The quantitative estimate of drug-likeness (QED) is 0.718. The topological polar surface area (TPSA) is 41.5 Å².